The number of benzene rings is 1. The van der Waals surface area contributed by atoms with Crippen LogP contribution in [-0.4, -0.2) is 55.4 Å². The molecule has 1 aliphatic heterocycles. The average Bonchev–Trinajstić information content (AvgIpc) is 2.53. The summed E-state index contributed by atoms with van der Waals surface area (Å²) in [6.45, 7) is 1.14. The van der Waals surface area contributed by atoms with Gasteiger partial charge in [-0.3, -0.25) is 4.79 Å². The van der Waals surface area contributed by atoms with Gasteiger partial charge >= 0.3 is 5.97 Å². The Bertz CT molecular complexity index is 466. The van der Waals surface area contributed by atoms with Crippen LogP contribution in [0.2, 0.25) is 0 Å². The van der Waals surface area contributed by atoms with E-state index in [-0.39, 0.29) is 12.5 Å². The Hall–Kier alpha value is -1.53. The molecule has 108 valence electrons. The van der Waals surface area contributed by atoms with Crippen molar-refractivity contribution in [3.05, 3.63) is 30.3 Å². The molecule has 1 unspecified atom stereocenters. The number of thioether (sulfide) groups is 1. The first-order valence-corrected chi connectivity index (χ1v) is 7.34. The van der Waals surface area contributed by atoms with Gasteiger partial charge in [-0.25, -0.2) is 4.79 Å². The van der Waals surface area contributed by atoms with E-state index in [0.29, 0.717) is 18.9 Å². The number of morpholine rings is 1. The van der Waals surface area contributed by atoms with Crippen molar-refractivity contribution in [1.82, 2.24) is 4.90 Å². The summed E-state index contributed by atoms with van der Waals surface area (Å²) < 4.78 is 9.94. The van der Waals surface area contributed by atoms with Gasteiger partial charge in [-0.05, 0) is 12.1 Å². The summed E-state index contributed by atoms with van der Waals surface area (Å²) >= 11 is 1.49. The molecule has 0 saturated carbocycles. The van der Waals surface area contributed by atoms with Crippen LogP contribution < -0.4 is 0 Å². The lowest BCUT2D eigenvalue weighted by atomic mass is 10.2. The molecule has 0 aliphatic carbocycles. The van der Waals surface area contributed by atoms with Crippen molar-refractivity contribution in [1.29, 1.82) is 0 Å². The number of hydrogen-bond acceptors (Lipinski definition) is 5. The topological polar surface area (TPSA) is 55.8 Å². The molecule has 1 aromatic carbocycles. The summed E-state index contributed by atoms with van der Waals surface area (Å²) in [4.78, 5) is 26.3. The zero-order valence-electron chi connectivity index (χ0n) is 11.3. The number of amides is 1. The van der Waals surface area contributed by atoms with Crippen LogP contribution in [0.4, 0.5) is 0 Å². The predicted molar refractivity (Wildman–Crippen MR) is 75.5 cm³/mol. The second-order valence-corrected chi connectivity index (χ2v) is 5.37. The Kier molecular flexibility index (Phi) is 5.43. The molecule has 2 rings (SSSR count). The van der Waals surface area contributed by atoms with Crippen molar-refractivity contribution in [2.75, 3.05) is 32.6 Å². The first-order chi connectivity index (χ1) is 9.70. The molecule has 1 heterocycles. The summed E-state index contributed by atoms with van der Waals surface area (Å²) in [6, 6.07) is 9.75. The molecule has 1 saturated heterocycles. The van der Waals surface area contributed by atoms with E-state index in [0.717, 1.165) is 4.90 Å². The molecule has 1 amide bonds. The number of esters is 1. The number of rotatable bonds is 4. The Labute approximate surface area is 122 Å². The SMILES string of the molecule is COC(=O)C1CN(C(=O)CSc2ccccc2)CCO1. The summed E-state index contributed by atoms with van der Waals surface area (Å²) in [5.74, 6) is -0.0629. The molecule has 0 N–H and O–H groups in total. The van der Waals surface area contributed by atoms with Crippen molar-refractivity contribution < 1.29 is 19.1 Å². The number of carbonyl (C=O) groups is 2. The second kappa shape index (κ2) is 7.31. The minimum atomic E-state index is -0.667. The Morgan fingerprint density at radius 1 is 1.40 bits per heavy atom. The highest BCUT2D eigenvalue weighted by molar-refractivity contribution is 8.00. The van der Waals surface area contributed by atoms with E-state index in [9.17, 15) is 9.59 Å². The fourth-order valence-electron chi connectivity index (χ4n) is 1.90. The van der Waals surface area contributed by atoms with E-state index in [1.165, 1.54) is 18.9 Å². The fraction of sp³-hybridized carbons (Fsp3) is 0.429. The highest BCUT2D eigenvalue weighted by Gasteiger charge is 2.29. The monoisotopic (exact) mass is 295 g/mol. The third-order valence-electron chi connectivity index (χ3n) is 2.99. The van der Waals surface area contributed by atoms with Crippen LogP contribution in [0.1, 0.15) is 0 Å². The van der Waals surface area contributed by atoms with E-state index in [1.807, 2.05) is 30.3 Å². The van der Waals surface area contributed by atoms with Crippen molar-refractivity contribution in [2.45, 2.75) is 11.0 Å². The normalized spacial score (nSPS) is 18.6. The first kappa shape index (κ1) is 14.9. The summed E-state index contributed by atoms with van der Waals surface area (Å²) in [6.07, 6.45) is -0.667. The van der Waals surface area contributed by atoms with Crippen LogP contribution in [0.25, 0.3) is 0 Å². The summed E-state index contributed by atoms with van der Waals surface area (Å²) in [5.41, 5.74) is 0. The van der Waals surface area contributed by atoms with Crippen LogP contribution in [0.15, 0.2) is 35.2 Å². The zero-order chi connectivity index (χ0) is 14.4. The van der Waals surface area contributed by atoms with Crippen molar-refractivity contribution in [3.63, 3.8) is 0 Å². The molecule has 1 aliphatic rings. The maximum atomic E-state index is 12.1. The van der Waals surface area contributed by atoms with Gasteiger partial charge in [0.05, 0.1) is 26.0 Å². The highest BCUT2D eigenvalue weighted by atomic mass is 32.2. The van der Waals surface area contributed by atoms with Gasteiger partial charge < -0.3 is 14.4 Å². The molecule has 0 radical (unpaired) electrons. The van der Waals surface area contributed by atoms with Crippen LogP contribution in [0, 0.1) is 0 Å². The molecule has 1 aromatic rings. The standard InChI is InChI=1S/C14H17NO4S/c1-18-14(17)12-9-15(7-8-19-12)13(16)10-20-11-5-3-2-4-6-11/h2-6,12H,7-10H2,1H3. The van der Waals surface area contributed by atoms with Crippen molar-refractivity contribution >= 4 is 23.6 Å². The molecule has 20 heavy (non-hydrogen) atoms. The number of methoxy groups -OCH3 is 1. The highest BCUT2D eigenvalue weighted by Crippen LogP contribution is 2.18. The average molecular weight is 295 g/mol. The van der Waals surface area contributed by atoms with E-state index in [2.05, 4.69) is 4.74 Å². The van der Waals surface area contributed by atoms with Gasteiger partial charge in [-0.1, -0.05) is 18.2 Å². The van der Waals surface area contributed by atoms with E-state index < -0.39 is 12.1 Å². The van der Waals surface area contributed by atoms with Crippen molar-refractivity contribution in [2.24, 2.45) is 0 Å². The van der Waals surface area contributed by atoms with Crippen LogP contribution in [-0.2, 0) is 19.1 Å². The lowest BCUT2D eigenvalue weighted by Crippen LogP contribution is -2.49. The maximum Gasteiger partial charge on any atom is 0.336 e. The Morgan fingerprint density at radius 3 is 2.85 bits per heavy atom. The van der Waals surface area contributed by atoms with Gasteiger partial charge in [0.2, 0.25) is 5.91 Å². The largest absolute Gasteiger partial charge is 0.467 e. The summed E-state index contributed by atoms with van der Waals surface area (Å²) in [7, 11) is 1.32. The van der Waals surface area contributed by atoms with Gasteiger partial charge in [-0.2, -0.15) is 0 Å². The minimum Gasteiger partial charge on any atom is -0.467 e. The fourth-order valence-corrected chi connectivity index (χ4v) is 2.73. The molecule has 1 atom stereocenters. The molecule has 5 nitrogen and oxygen atoms in total. The van der Waals surface area contributed by atoms with Gasteiger partial charge in [0.25, 0.3) is 0 Å². The van der Waals surface area contributed by atoms with Gasteiger partial charge in [0, 0.05) is 11.4 Å². The Morgan fingerprint density at radius 2 is 2.15 bits per heavy atom. The smallest absolute Gasteiger partial charge is 0.336 e. The van der Waals surface area contributed by atoms with Gasteiger partial charge in [-0.15, -0.1) is 11.8 Å². The molecule has 1 fully saturated rings. The number of hydrogen-bond donors (Lipinski definition) is 0. The van der Waals surface area contributed by atoms with E-state index >= 15 is 0 Å². The summed E-state index contributed by atoms with van der Waals surface area (Å²) in [5, 5.41) is 0. The zero-order valence-corrected chi connectivity index (χ0v) is 12.1. The Balaban J connectivity index is 1.84. The second-order valence-electron chi connectivity index (χ2n) is 4.32. The van der Waals surface area contributed by atoms with Gasteiger partial charge in [0.15, 0.2) is 6.10 Å². The van der Waals surface area contributed by atoms with E-state index in [4.69, 9.17) is 4.74 Å². The minimum absolute atomic E-state index is 0.0102. The lowest BCUT2D eigenvalue weighted by molar-refractivity contribution is -0.161. The number of ether oxygens (including phenoxy) is 2. The predicted octanol–water partition coefficient (Wildman–Crippen LogP) is 1.18. The lowest BCUT2D eigenvalue weighted by Gasteiger charge is -2.31. The molecular weight excluding hydrogens is 278 g/mol. The van der Waals surface area contributed by atoms with Crippen molar-refractivity contribution in [3.8, 4) is 0 Å². The molecule has 6 heteroatoms. The third kappa shape index (κ3) is 3.98. The van der Waals surface area contributed by atoms with E-state index in [1.54, 1.807) is 4.90 Å². The molecule has 0 aromatic heterocycles. The molecule has 0 bridgehead atoms. The van der Waals surface area contributed by atoms with Crippen LogP contribution in [0.5, 0.6) is 0 Å². The number of carbonyl (C=O) groups excluding carboxylic acids is 2. The van der Waals surface area contributed by atoms with Gasteiger partial charge in [0.1, 0.15) is 0 Å². The number of nitrogens with zero attached hydrogens (tertiary/aromatic N) is 1. The van der Waals surface area contributed by atoms with Crippen LogP contribution >= 0.6 is 11.8 Å². The first-order valence-electron chi connectivity index (χ1n) is 6.36. The third-order valence-corrected chi connectivity index (χ3v) is 3.99. The molecule has 0 spiro atoms. The maximum absolute atomic E-state index is 12.1. The molecular formula is C14H17NO4S. The van der Waals surface area contributed by atoms with Crippen LogP contribution in [0.3, 0.4) is 0 Å². The quantitative estimate of drug-likeness (QED) is 0.617.